The van der Waals surface area contributed by atoms with Crippen molar-refractivity contribution in [2.45, 2.75) is 5.54 Å². The van der Waals surface area contributed by atoms with Crippen LogP contribution in [0.2, 0.25) is 5.02 Å². The van der Waals surface area contributed by atoms with Gasteiger partial charge in [0.15, 0.2) is 5.54 Å². The van der Waals surface area contributed by atoms with Crippen LogP contribution in [0.15, 0.2) is 77.5 Å². The molecule has 0 bridgehead atoms. The van der Waals surface area contributed by atoms with Crippen LogP contribution in [0.1, 0.15) is 11.1 Å². The minimum atomic E-state index is -1.05. The van der Waals surface area contributed by atoms with E-state index < -0.39 is 5.54 Å². The van der Waals surface area contributed by atoms with Gasteiger partial charge in [-0.15, -0.1) is 0 Å². The normalized spacial score (nSPS) is 12.9. The molecule has 24 heavy (non-hydrogen) atoms. The summed E-state index contributed by atoms with van der Waals surface area (Å²) in [6.07, 6.45) is 3.39. The summed E-state index contributed by atoms with van der Waals surface area (Å²) >= 11 is 9.49. The van der Waals surface area contributed by atoms with E-state index in [-0.39, 0.29) is 0 Å². The van der Waals surface area contributed by atoms with Crippen LogP contribution in [0.25, 0.3) is 0 Å². The molecule has 0 saturated heterocycles. The van der Waals surface area contributed by atoms with E-state index in [1.807, 2.05) is 54.6 Å². The second-order valence-electron chi connectivity index (χ2n) is 5.22. The third-order valence-corrected chi connectivity index (χ3v) is 4.93. The maximum absolute atomic E-state index is 10.1. The highest BCUT2D eigenvalue weighted by molar-refractivity contribution is 9.10. The lowest BCUT2D eigenvalue weighted by atomic mass is 9.84. The molecule has 3 nitrogen and oxygen atoms in total. The summed E-state index contributed by atoms with van der Waals surface area (Å²) in [5, 5.41) is 14.1. The van der Waals surface area contributed by atoms with Crippen molar-refractivity contribution < 1.29 is 0 Å². The van der Waals surface area contributed by atoms with Crippen molar-refractivity contribution in [3.05, 3.63) is 93.7 Å². The summed E-state index contributed by atoms with van der Waals surface area (Å²) in [6, 6.07) is 21.2. The van der Waals surface area contributed by atoms with Crippen LogP contribution in [0.4, 0.5) is 5.69 Å². The fourth-order valence-corrected chi connectivity index (χ4v) is 3.03. The molecule has 2 aromatic carbocycles. The second-order valence-corrected chi connectivity index (χ2v) is 6.48. The molecule has 118 valence electrons. The predicted molar refractivity (Wildman–Crippen MR) is 99.8 cm³/mol. The Morgan fingerprint density at radius 3 is 2.42 bits per heavy atom. The van der Waals surface area contributed by atoms with Crippen molar-refractivity contribution in [2.24, 2.45) is 0 Å². The van der Waals surface area contributed by atoms with E-state index in [2.05, 4.69) is 32.3 Å². The number of benzene rings is 2. The van der Waals surface area contributed by atoms with Crippen LogP contribution in [0.3, 0.4) is 0 Å². The fraction of sp³-hybridized carbons (Fsp3) is 0.0526. The number of halogens is 2. The quantitative estimate of drug-likeness (QED) is 0.642. The van der Waals surface area contributed by atoms with Gasteiger partial charge >= 0.3 is 0 Å². The highest BCUT2D eigenvalue weighted by atomic mass is 79.9. The molecule has 0 saturated carbocycles. The average Bonchev–Trinajstić information content (AvgIpc) is 2.64. The van der Waals surface area contributed by atoms with Gasteiger partial charge in [0, 0.05) is 28.1 Å². The standard InChI is InChI=1S/C19H13BrClN3/c20-17-11-16(8-9-18(17)21)24-19(13-22,14-5-2-1-3-6-14)15-7-4-10-23-12-15/h1-12,24H. The van der Waals surface area contributed by atoms with Crippen molar-refractivity contribution in [1.29, 1.82) is 5.26 Å². The van der Waals surface area contributed by atoms with Gasteiger partial charge in [-0.25, -0.2) is 0 Å². The van der Waals surface area contributed by atoms with Crippen molar-refractivity contribution in [3.63, 3.8) is 0 Å². The summed E-state index contributed by atoms with van der Waals surface area (Å²) < 4.78 is 0.764. The number of rotatable bonds is 4. The Balaban J connectivity index is 2.15. The maximum Gasteiger partial charge on any atom is 0.178 e. The lowest BCUT2D eigenvalue weighted by Gasteiger charge is -2.30. The Labute approximate surface area is 154 Å². The Bertz CT molecular complexity index is 837. The van der Waals surface area contributed by atoms with Crippen molar-refractivity contribution in [1.82, 2.24) is 4.98 Å². The first-order valence-corrected chi connectivity index (χ1v) is 8.43. The zero-order chi connectivity index (χ0) is 17.0. The monoisotopic (exact) mass is 397 g/mol. The smallest absolute Gasteiger partial charge is 0.178 e. The molecule has 0 aliphatic rings. The lowest BCUT2D eigenvalue weighted by molar-refractivity contribution is 0.754. The number of hydrogen-bond donors (Lipinski definition) is 1. The number of aromatic nitrogens is 1. The van der Waals surface area contributed by atoms with Gasteiger partial charge in [0.1, 0.15) is 6.07 Å². The molecule has 5 heteroatoms. The molecule has 0 aliphatic heterocycles. The van der Waals surface area contributed by atoms with Gasteiger partial charge < -0.3 is 5.32 Å². The summed E-state index contributed by atoms with van der Waals surface area (Å²) in [5.74, 6) is 0. The summed E-state index contributed by atoms with van der Waals surface area (Å²) in [7, 11) is 0. The largest absolute Gasteiger partial charge is 0.360 e. The predicted octanol–water partition coefficient (Wildman–Crippen LogP) is 5.38. The molecule has 0 amide bonds. The lowest BCUT2D eigenvalue weighted by Crippen LogP contribution is -2.35. The molecule has 3 rings (SSSR count). The maximum atomic E-state index is 10.1. The first kappa shape index (κ1) is 16.5. The van der Waals surface area contributed by atoms with E-state index in [0.717, 1.165) is 21.3 Å². The van der Waals surface area contributed by atoms with Crippen LogP contribution in [0, 0.1) is 11.3 Å². The topological polar surface area (TPSA) is 48.7 Å². The van der Waals surface area contributed by atoms with E-state index in [4.69, 9.17) is 11.6 Å². The first-order chi connectivity index (χ1) is 11.7. The Morgan fingerprint density at radius 2 is 1.79 bits per heavy atom. The van der Waals surface area contributed by atoms with Gasteiger partial charge in [0.2, 0.25) is 0 Å². The number of hydrogen-bond acceptors (Lipinski definition) is 3. The number of nitrogens with one attached hydrogen (secondary N) is 1. The van der Waals surface area contributed by atoms with Gasteiger partial charge in [-0.05, 0) is 45.8 Å². The van der Waals surface area contributed by atoms with Crippen LogP contribution in [-0.2, 0) is 5.54 Å². The molecule has 1 atom stereocenters. The van der Waals surface area contributed by atoms with Gasteiger partial charge in [-0.1, -0.05) is 48.0 Å². The SMILES string of the molecule is N#CC(Nc1ccc(Cl)c(Br)c1)(c1ccccc1)c1cccnc1. The molecule has 1 N–H and O–H groups in total. The number of pyridine rings is 1. The van der Waals surface area contributed by atoms with E-state index in [0.29, 0.717) is 5.02 Å². The van der Waals surface area contributed by atoms with Crippen LogP contribution in [-0.4, -0.2) is 4.98 Å². The first-order valence-electron chi connectivity index (χ1n) is 7.26. The number of anilines is 1. The van der Waals surface area contributed by atoms with Crippen molar-refractivity contribution >= 4 is 33.2 Å². The zero-order valence-electron chi connectivity index (χ0n) is 12.6. The molecule has 0 radical (unpaired) electrons. The Kier molecular flexibility index (Phi) is 4.84. The van der Waals surface area contributed by atoms with Gasteiger partial charge in [0.05, 0.1) is 5.02 Å². The van der Waals surface area contributed by atoms with Crippen molar-refractivity contribution in [3.8, 4) is 6.07 Å². The van der Waals surface area contributed by atoms with Gasteiger partial charge in [-0.3, -0.25) is 4.98 Å². The molecule has 1 heterocycles. The van der Waals surface area contributed by atoms with E-state index in [1.54, 1.807) is 18.5 Å². The third kappa shape index (κ3) is 3.14. The Morgan fingerprint density at radius 1 is 1.04 bits per heavy atom. The van der Waals surface area contributed by atoms with Crippen LogP contribution >= 0.6 is 27.5 Å². The minimum absolute atomic E-state index is 0.615. The van der Waals surface area contributed by atoms with Crippen molar-refractivity contribution in [2.75, 3.05) is 5.32 Å². The summed E-state index contributed by atoms with van der Waals surface area (Å²) in [5.41, 5.74) is 1.33. The van der Waals surface area contributed by atoms with Crippen LogP contribution in [0.5, 0.6) is 0 Å². The minimum Gasteiger partial charge on any atom is -0.360 e. The highest BCUT2D eigenvalue weighted by Crippen LogP contribution is 2.34. The molecule has 1 aromatic heterocycles. The molecule has 1 unspecified atom stereocenters. The van der Waals surface area contributed by atoms with E-state index in [1.165, 1.54) is 0 Å². The number of nitrogens with zero attached hydrogens (tertiary/aromatic N) is 2. The summed E-state index contributed by atoms with van der Waals surface area (Å²) in [6.45, 7) is 0. The molecule has 0 spiro atoms. The molecular formula is C19H13BrClN3. The molecular weight excluding hydrogens is 386 g/mol. The second kappa shape index (κ2) is 7.04. The summed E-state index contributed by atoms with van der Waals surface area (Å²) in [4.78, 5) is 4.18. The fourth-order valence-electron chi connectivity index (χ4n) is 2.53. The highest BCUT2D eigenvalue weighted by Gasteiger charge is 2.35. The van der Waals surface area contributed by atoms with Gasteiger partial charge in [0.25, 0.3) is 0 Å². The Hall–Kier alpha value is -2.35. The van der Waals surface area contributed by atoms with Gasteiger partial charge in [-0.2, -0.15) is 5.26 Å². The zero-order valence-corrected chi connectivity index (χ0v) is 14.9. The average molecular weight is 399 g/mol. The number of nitriles is 1. The van der Waals surface area contributed by atoms with E-state index in [9.17, 15) is 5.26 Å². The third-order valence-electron chi connectivity index (χ3n) is 3.72. The molecule has 0 aliphatic carbocycles. The molecule has 3 aromatic rings. The van der Waals surface area contributed by atoms with E-state index >= 15 is 0 Å². The molecule has 0 fully saturated rings. The van der Waals surface area contributed by atoms with Crippen LogP contribution < -0.4 is 5.32 Å².